The molecule has 0 bridgehead atoms. The van der Waals surface area contributed by atoms with E-state index in [4.69, 9.17) is 0 Å². The van der Waals surface area contributed by atoms with Gasteiger partial charge in [-0.2, -0.15) is 0 Å². The first kappa shape index (κ1) is 7.07. The molecule has 0 radical (unpaired) electrons. The van der Waals surface area contributed by atoms with Crippen LogP contribution in [0, 0.1) is 5.92 Å². The first-order valence-corrected chi connectivity index (χ1v) is 3.97. The van der Waals surface area contributed by atoms with Crippen LogP contribution in [-0.4, -0.2) is 11.2 Å². The summed E-state index contributed by atoms with van der Waals surface area (Å²) < 4.78 is 0. The number of rotatable bonds is 0. The van der Waals surface area contributed by atoms with Crippen molar-refractivity contribution in [2.45, 2.75) is 45.1 Å². The topological polar surface area (TPSA) is 20.2 Å². The van der Waals surface area contributed by atoms with Gasteiger partial charge in [0.2, 0.25) is 0 Å². The Morgan fingerprint density at radius 2 is 1.89 bits per heavy atom. The molecule has 1 N–H and O–H groups in total. The van der Waals surface area contributed by atoms with Crippen molar-refractivity contribution in [2.24, 2.45) is 5.92 Å². The van der Waals surface area contributed by atoms with Gasteiger partial charge in [-0.05, 0) is 25.2 Å². The van der Waals surface area contributed by atoms with Gasteiger partial charge in [-0.15, -0.1) is 0 Å². The summed E-state index contributed by atoms with van der Waals surface area (Å²) in [6.45, 7) is 2.28. The van der Waals surface area contributed by atoms with Crippen LogP contribution in [0.1, 0.15) is 39.0 Å². The minimum atomic E-state index is 0.00921. The second-order valence-electron chi connectivity index (χ2n) is 3.27. The van der Waals surface area contributed by atoms with E-state index in [2.05, 4.69) is 6.92 Å². The van der Waals surface area contributed by atoms with Crippen molar-refractivity contribution in [1.82, 2.24) is 0 Å². The van der Waals surface area contributed by atoms with Crippen molar-refractivity contribution >= 4 is 0 Å². The molecule has 0 amide bonds. The zero-order valence-corrected chi connectivity index (χ0v) is 6.14. The molecule has 1 fully saturated rings. The molecule has 1 saturated carbocycles. The number of aliphatic hydroxyl groups excluding tert-OH is 1. The van der Waals surface area contributed by atoms with Gasteiger partial charge in [0.15, 0.2) is 0 Å². The molecule has 1 rings (SSSR count). The van der Waals surface area contributed by atoms with E-state index in [1.165, 1.54) is 19.3 Å². The van der Waals surface area contributed by atoms with Crippen LogP contribution < -0.4 is 0 Å². The molecule has 0 spiro atoms. The van der Waals surface area contributed by atoms with E-state index in [0.717, 1.165) is 18.8 Å². The minimum absolute atomic E-state index is 0.00921. The molecule has 2 atom stereocenters. The number of aliphatic hydroxyl groups is 1. The van der Waals surface area contributed by atoms with E-state index in [1.54, 1.807) is 0 Å². The highest BCUT2D eigenvalue weighted by molar-refractivity contribution is 4.65. The molecule has 54 valence electrons. The van der Waals surface area contributed by atoms with Crippen LogP contribution in [0.3, 0.4) is 0 Å². The molecule has 1 heteroatoms. The van der Waals surface area contributed by atoms with Gasteiger partial charge in [-0.1, -0.05) is 19.8 Å². The molecule has 0 heterocycles. The fourth-order valence-corrected chi connectivity index (χ4v) is 1.47. The lowest BCUT2D eigenvalue weighted by Gasteiger charge is -2.04. The highest BCUT2D eigenvalue weighted by atomic mass is 16.3. The Labute approximate surface area is 57.1 Å². The third-order valence-electron chi connectivity index (χ3n) is 2.23. The summed E-state index contributed by atoms with van der Waals surface area (Å²) in [7, 11) is 0. The van der Waals surface area contributed by atoms with Gasteiger partial charge in [0.25, 0.3) is 0 Å². The first-order valence-electron chi connectivity index (χ1n) is 3.97. The van der Waals surface area contributed by atoms with Crippen LogP contribution in [0.4, 0.5) is 0 Å². The fourth-order valence-electron chi connectivity index (χ4n) is 1.47. The van der Waals surface area contributed by atoms with E-state index in [9.17, 15) is 5.11 Å². The molecule has 0 aliphatic heterocycles. The van der Waals surface area contributed by atoms with E-state index >= 15 is 0 Å². The van der Waals surface area contributed by atoms with Gasteiger partial charge in [0, 0.05) is 0 Å². The second-order valence-corrected chi connectivity index (χ2v) is 3.27. The predicted octanol–water partition coefficient (Wildman–Crippen LogP) is 1.95. The maximum absolute atomic E-state index is 9.21. The molecule has 1 nitrogen and oxygen atoms in total. The van der Waals surface area contributed by atoms with Gasteiger partial charge >= 0.3 is 0 Å². The van der Waals surface area contributed by atoms with Gasteiger partial charge in [-0.3, -0.25) is 0 Å². The summed E-state index contributed by atoms with van der Waals surface area (Å²) in [4.78, 5) is 0. The summed E-state index contributed by atoms with van der Waals surface area (Å²) in [6.07, 6.45) is 5.83. The first-order chi connectivity index (χ1) is 4.29. The largest absolute Gasteiger partial charge is 0.393 e. The number of hydrogen-bond donors (Lipinski definition) is 1. The average molecular weight is 128 g/mol. The highest BCUT2D eigenvalue weighted by Crippen LogP contribution is 2.21. The standard InChI is InChI=1S/C8H16O/c1-7-3-2-4-8(9)6-5-7/h7-9H,2-6H2,1H3. The number of hydrogen-bond acceptors (Lipinski definition) is 1. The highest BCUT2D eigenvalue weighted by Gasteiger charge is 2.12. The normalized spacial score (nSPS) is 38.0. The summed E-state index contributed by atoms with van der Waals surface area (Å²) >= 11 is 0. The van der Waals surface area contributed by atoms with E-state index in [0.29, 0.717) is 0 Å². The molecule has 1 aliphatic rings. The third-order valence-corrected chi connectivity index (χ3v) is 2.23. The van der Waals surface area contributed by atoms with Crippen LogP contribution in [0.25, 0.3) is 0 Å². The van der Waals surface area contributed by atoms with Crippen molar-refractivity contribution in [3.05, 3.63) is 0 Å². The molecular weight excluding hydrogens is 112 g/mol. The Bertz CT molecular complexity index is 70.6. The van der Waals surface area contributed by atoms with Gasteiger partial charge in [0.05, 0.1) is 6.10 Å². The Balaban J connectivity index is 2.25. The van der Waals surface area contributed by atoms with E-state index < -0.39 is 0 Å². The van der Waals surface area contributed by atoms with E-state index in [-0.39, 0.29) is 6.10 Å². The summed E-state index contributed by atoms with van der Waals surface area (Å²) in [5.41, 5.74) is 0. The summed E-state index contributed by atoms with van der Waals surface area (Å²) in [5, 5.41) is 9.21. The molecule has 0 saturated heterocycles. The average Bonchev–Trinajstić information content (AvgIpc) is 1.97. The molecule has 1 aliphatic carbocycles. The van der Waals surface area contributed by atoms with E-state index in [1.807, 2.05) is 0 Å². The molecule has 2 unspecified atom stereocenters. The van der Waals surface area contributed by atoms with Gasteiger partial charge in [-0.25, -0.2) is 0 Å². The monoisotopic (exact) mass is 128 g/mol. The zero-order chi connectivity index (χ0) is 6.69. The lowest BCUT2D eigenvalue weighted by Crippen LogP contribution is -2.02. The lowest BCUT2D eigenvalue weighted by atomic mass is 10.0. The lowest BCUT2D eigenvalue weighted by molar-refractivity contribution is 0.156. The summed E-state index contributed by atoms with van der Waals surface area (Å²) in [5.74, 6) is 0.849. The van der Waals surface area contributed by atoms with Crippen LogP contribution in [0.15, 0.2) is 0 Å². The van der Waals surface area contributed by atoms with Crippen molar-refractivity contribution < 1.29 is 5.11 Å². The van der Waals surface area contributed by atoms with Gasteiger partial charge in [0.1, 0.15) is 0 Å². The molecule has 0 aromatic carbocycles. The van der Waals surface area contributed by atoms with Crippen molar-refractivity contribution in [1.29, 1.82) is 0 Å². The van der Waals surface area contributed by atoms with Crippen LogP contribution in [0.5, 0.6) is 0 Å². The van der Waals surface area contributed by atoms with Crippen LogP contribution in [0.2, 0.25) is 0 Å². The Morgan fingerprint density at radius 1 is 1.11 bits per heavy atom. The quantitative estimate of drug-likeness (QED) is 0.494. The predicted molar refractivity (Wildman–Crippen MR) is 38.3 cm³/mol. The van der Waals surface area contributed by atoms with Gasteiger partial charge < -0.3 is 5.11 Å². The third kappa shape index (κ3) is 2.35. The van der Waals surface area contributed by atoms with Crippen molar-refractivity contribution in [3.8, 4) is 0 Å². The Kier molecular flexibility index (Phi) is 2.52. The Morgan fingerprint density at radius 3 is 2.67 bits per heavy atom. The van der Waals surface area contributed by atoms with Crippen molar-refractivity contribution in [2.75, 3.05) is 0 Å². The molecular formula is C8H16O. The van der Waals surface area contributed by atoms with Crippen molar-refractivity contribution in [3.63, 3.8) is 0 Å². The SMILES string of the molecule is CC1CCCC(O)CC1. The van der Waals surface area contributed by atoms with Crippen LogP contribution in [-0.2, 0) is 0 Å². The molecule has 0 aromatic heterocycles. The fraction of sp³-hybridized carbons (Fsp3) is 1.00. The Hall–Kier alpha value is -0.0400. The maximum Gasteiger partial charge on any atom is 0.0540 e. The summed E-state index contributed by atoms with van der Waals surface area (Å²) in [6, 6.07) is 0. The second kappa shape index (κ2) is 3.21. The zero-order valence-electron chi connectivity index (χ0n) is 6.14. The molecule has 9 heavy (non-hydrogen) atoms. The molecule has 0 aromatic rings. The maximum atomic E-state index is 9.21. The smallest absolute Gasteiger partial charge is 0.0540 e. The van der Waals surface area contributed by atoms with Crippen LogP contribution >= 0.6 is 0 Å². The minimum Gasteiger partial charge on any atom is -0.393 e.